The number of nitrogens with two attached hydrogens (primary N) is 1. The Morgan fingerprint density at radius 1 is 1.42 bits per heavy atom. The number of amides is 1. The number of aromatic nitrogens is 3. The van der Waals surface area contributed by atoms with Gasteiger partial charge in [-0.3, -0.25) is 14.0 Å². The Hall–Kier alpha value is -3.00. The number of fused-ring (bicyclic) bond motifs is 2. The number of pyridine rings is 2. The van der Waals surface area contributed by atoms with Crippen molar-refractivity contribution in [3.05, 3.63) is 46.4 Å². The molecule has 3 aromatic rings. The quantitative estimate of drug-likeness (QED) is 0.380. The van der Waals surface area contributed by atoms with Crippen molar-refractivity contribution in [3.8, 4) is 0 Å². The van der Waals surface area contributed by atoms with Crippen LogP contribution in [0.2, 0.25) is 0 Å². The van der Waals surface area contributed by atoms with E-state index in [1.807, 2.05) is 13.0 Å². The third kappa shape index (κ3) is 3.11. The van der Waals surface area contributed by atoms with E-state index in [2.05, 4.69) is 10.3 Å². The van der Waals surface area contributed by atoms with Crippen molar-refractivity contribution in [2.75, 3.05) is 26.0 Å². The molecule has 0 aliphatic rings. The summed E-state index contributed by atoms with van der Waals surface area (Å²) in [4.78, 5) is 30.0. The number of nitrogens with one attached hydrogen (secondary N) is 1. The van der Waals surface area contributed by atoms with Gasteiger partial charge in [-0.05, 0) is 31.5 Å². The highest BCUT2D eigenvalue weighted by Gasteiger charge is 2.23. The van der Waals surface area contributed by atoms with E-state index in [1.165, 1.54) is 10.5 Å². The summed E-state index contributed by atoms with van der Waals surface area (Å²) < 4.78 is 8.12. The van der Waals surface area contributed by atoms with Gasteiger partial charge < -0.3 is 15.8 Å². The standard InChI is InChI=1S/C18H21N5O3/c1-3-22-15(19)12(17(24)20-8-6-10-26-2)11-13-16(22)21-14-7-4-5-9-23(14)18(13)25/h4-5,7,9,11,19H,3,6,8,10H2,1-2H3,(H,20,24)/p+1. The van der Waals surface area contributed by atoms with Crippen LogP contribution in [0.5, 0.6) is 0 Å². The van der Waals surface area contributed by atoms with Crippen LogP contribution in [0.1, 0.15) is 23.7 Å². The maximum absolute atomic E-state index is 12.9. The molecule has 1 amide bonds. The molecule has 0 aliphatic carbocycles. The largest absolute Gasteiger partial charge is 0.385 e. The minimum absolute atomic E-state index is 0.235. The molecule has 3 heterocycles. The van der Waals surface area contributed by atoms with Gasteiger partial charge in [0.2, 0.25) is 11.5 Å². The van der Waals surface area contributed by atoms with E-state index in [-0.39, 0.29) is 22.8 Å². The van der Waals surface area contributed by atoms with Crippen molar-refractivity contribution >= 4 is 28.4 Å². The molecule has 0 saturated heterocycles. The lowest BCUT2D eigenvalue weighted by molar-refractivity contribution is -0.655. The fourth-order valence-corrected chi connectivity index (χ4v) is 2.92. The van der Waals surface area contributed by atoms with Crippen LogP contribution in [0, 0.1) is 0 Å². The first-order valence-corrected chi connectivity index (χ1v) is 8.49. The molecule has 0 radical (unpaired) electrons. The molecule has 0 spiro atoms. The lowest BCUT2D eigenvalue weighted by Crippen LogP contribution is -2.42. The minimum atomic E-state index is -0.319. The van der Waals surface area contributed by atoms with Gasteiger partial charge in [0.05, 0.1) is 6.54 Å². The summed E-state index contributed by atoms with van der Waals surface area (Å²) in [6, 6.07) is 6.86. The monoisotopic (exact) mass is 356 g/mol. The zero-order chi connectivity index (χ0) is 18.7. The molecule has 0 fully saturated rings. The molecule has 26 heavy (non-hydrogen) atoms. The number of hydrogen-bond donors (Lipinski definition) is 2. The maximum atomic E-state index is 12.9. The lowest BCUT2D eigenvalue weighted by Gasteiger charge is -2.11. The van der Waals surface area contributed by atoms with Gasteiger partial charge in [0.25, 0.3) is 17.1 Å². The molecule has 3 rings (SSSR count). The van der Waals surface area contributed by atoms with E-state index in [0.717, 1.165) is 0 Å². The van der Waals surface area contributed by atoms with Crippen LogP contribution >= 0.6 is 0 Å². The van der Waals surface area contributed by atoms with Crippen LogP contribution in [-0.2, 0) is 11.3 Å². The number of methoxy groups -OCH3 is 1. The number of anilines is 1. The zero-order valence-electron chi connectivity index (χ0n) is 14.9. The van der Waals surface area contributed by atoms with Crippen molar-refractivity contribution in [1.82, 2.24) is 14.7 Å². The molecule has 0 saturated carbocycles. The second-order valence-corrected chi connectivity index (χ2v) is 5.87. The van der Waals surface area contributed by atoms with Crippen molar-refractivity contribution in [2.45, 2.75) is 19.9 Å². The van der Waals surface area contributed by atoms with Crippen LogP contribution in [0.15, 0.2) is 35.3 Å². The third-order valence-electron chi connectivity index (χ3n) is 4.23. The second kappa shape index (κ2) is 7.49. The number of carbonyl (C=O) groups is 1. The summed E-state index contributed by atoms with van der Waals surface area (Å²) in [5, 5.41) is 3.16. The zero-order valence-corrected chi connectivity index (χ0v) is 14.9. The summed E-state index contributed by atoms with van der Waals surface area (Å²) in [6.07, 6.45) is 2.35. The topological polar surface area (TPSA) is 103 Å². The molecular weight excluding hydrogens is 334 g/mol. The Morgan fingerprint density at radius 3 is 2.96 bits per heavy atom. The van der Waals surface area contributed by atoms with E-state index < -0.39 is 0 Å². The maximum Gasteiger partial charge on any atom is 0.278 e. The Morgan fingerprint density at radius 2 is 2.23 bits per heavy atom. The predicted octanol–water partition coefficient (Wildman–Crippen LogP) is 0.504. The Balaban J connectivity index is 2.15. The van der Waals surface area contributed by atoms with Gasteiger partial charge in [-0.2, -0.15) is 0 Å². The summed E-state index contributed by atoms with van der Waals surface area (Å²) in [7, 11) is 1.61. The highest BCUT2D eigenvalue weighted by atomic mass is 16.5. The average molecular weight is 356 g/mol. The number of carbonyl (C=O) groups excluding carboxylic acids is 1. The molecule has 0 atom stereocenters. The molecular formula is C18H22N5O3+. The highest BCUT2D eigenvalue weighted by molar-refractivity contribution is 6.00. The van der Waals surface area contributed by atoms with E-state index in [9.17, 15) is 9.59 Å². The Bertz CT molecular complexity index is 1030. The predicted molar refractivity (Wildman–Crippen MR) is 98.1 cm³/mol. The van der Waals surface area contributed by atoms with Gasteiger partial charge in [0, 0.05) is 26.5 Å². The first-order valence-electron chi connectivity index (χ1n) is 8.49. The molecule has 0 aromatic carbocycles. The van der Waals surface area contributed by atoms with Gasteiger partial charge in [-0.25, -0.2) is 4.57 Å². The van der Waals surface area contributed by atoms with Crippen molar-refractivity contribution in [1.29, 1.82) is 0 Å². The van der Waals surface area contributed by atoms with E-state index in [1.54, 1.807) is 30.0 Å². The summed E-state index contributed by atoms with van der Waals surface area (Å²) in [5.74, 6) is -0.0308. The Labute approximate surface area is 150 Å². The van der Waals surface area contributed by atoms with Gasteiger partial charge in [-0.15, -0.1) is 0 Å². The average Bonchev–Trinajstić information content (AvgIpc) is 2.65. The number of aryl methyl sites for hydroxylation is 1. The molecule has 0 unspecified atom stereocenters. The number of ether oxygens (including phenoxy) is 1. The van der Waals surface area contributed by atoms with Gasteiger partial charge in [-0.1, -0.05) is 11.1 Å². The first-order chi connectivity index (χ1) is 12.6. The smallest absolute Gasteiger partial charge is 0.278 e. The molecule has 0 aliphatic heterocycles. The number of nitrogen functional groups attached to an aromatic ring is 1. The fourth-order valence-electron chi connectivity index (χ4n) is 2.92. The van der Waals surface area contributed by atoms with E-state index >= 15 is 0 Å². The van der Waals surface area contributed by atoms with Crippen molar-refractivity contribution in [2.24, 2.45) is 0 Å². The van der Waals surface area contributed by atoms with Crippen molar-refractivity contribution < 1.29 is 14.1 Å². The fraction of sp³-hybridized carbons (Fsp3) is 0.333. The molecule has 3 N–H and O–H groups in total. The van der Waals surface area contributed by atoms with Gasteiger partial charge in [0.1, 0.15) is 10.9 Å². The number of rotatable bonds is 6. The number of nitrogens with zero attached hydrogens (tertiary/aromatic N) is 3. The first kappa shape index (κ1) is 17.8. The summed E-state index contributed by atoms with van der Waals surface area (Å²) >= 11 is 0. The molecule has 8 nitrogen and oxygen atoms in total. The van der Waals surface area contributed by atoms with Crippen LogP contribution in [0.4, 0.5) is 5.82 Å². The van der Waals surface area contributed by atoms with Crippen LogP contribution in [0.25, 0.3) is 16.7 Å². The normalized spacial score (nSPS) is 11.2. The van der Waals surface area contributed by atoms with E-state index in [4.69, 9.17) is 10.5 Å². The number of hydrogen-bond acceptors (Lipinski definition) is 5. The molecule has 136 valence electrons. The van der Waals surface area contributed by atoms with Crippen LogP contribution in [0.3, 0.4) is 0 Å². The van der Waals surface area contributed by atoms with Gasteiger partial charge >= 0.3 is 0 Å². The highest BCUT2D eigenvalue weighted by Crippen LogP contribution is 2.14. The molecule has 3 aromatic heterocycles. The lowest BCUT2D eigenvalue weighted by atomic mass is 10.1. The van der Waals surface area contributed by atoms with Crippen molar-refractivity contribution in [3.63, 3.8) is 0 Å². The minimum Gasteiger partial charge on any atom is -0.385 e. The summed E-state index contributed by atoms with van der Waals surface area (Å²) in [6.45, 7) is 3.40. The van der Waals surface area contributed by atoms with Crippen LogP contribution < -0.4 is 21.2 Å². The van der Waals surface area contributed by atoms with Crippen LogP contribution in [-0.4, -0.2) is 35.6 Å². The van der Waals surface area contributed by atoms with Gasteiger partial charge in [0.15, 0.2) is 0 Å². The molecule has 0 bridgehead atoms. The van der Waals surface area contributed by atoms with E-state index in [0.29, 0.717) is 42.8 Å². The third-order valence-corrected chi connectivity index (χ3v) is 4.23. The SMILES string of the molecule is CC[n+]1c(N)c(C(=O)NCCCOC)cc2c(=O)n3ccccc3nc21. The second-order valence-electron chi connectivity index (χ2n) is 5.87. The summed E-state index contributed by atoms with van der Waals surface area (Å²) in [5.41, 5.74) is 7.25. The molecule has 8 heteroatoms. The Kier molecular flexibility index (Phi) is 5.13.